The normalized spacial score (nSPS) is 22.9. The van der Waals surface area contributed by atoms with Gasteiger partial charge in [-0.2, -0.15) is 0 Å². The maximum absolute atomic E-state index is 13.1. The van der Waals surface area contributed by atoms with Crippen LogP contribution in [0.4, 0.5) is 0 Å². The predicted molar refractivity (Wildman–Crippen MR) is 108 cm³/mol. The van der Waals surface area contributed by atoms with Gasteiger partial charge in [0.1, 0.15) is 25.1 Å². The number of aliphatic hydroxyl groups is 1. The van der Waals surface area contributed by atoms with Crippen molar-refractivity contribution in [1.82, 2.24) is 5.32 Å². The molecule has 1 heterocycles. The lowest BCUT2D eigenvalue weighted by Crippen LogP contribution is -2.49. The molecule has 2 rings (SSSR count). The number of aliphatic carboxylic acids is 1. The summed E-state index contributed by atoms with van der Waals surface area (Å²) in [4.78, 5) is 10.5. The highest BCUT2D eigenvalue weighted by Gasteiger charge is 2.34. The molecule has 3 atom stereocenters. The molecule has 1 fully saturated rings. The molecule has 3 N–H and O–H groups in total. The molecule has 0 aromatic heterocycles. The van der Waals surface area contributed by atoms with Gasteiger partial charge in [0, 0.05) is 19.3 Å². The summed E-state index contributed by atoms with van der Waals surface area (Å²) in [5.74, 6) is 0.0105. The number of hydroxylamine groups is 3. The molecule has 1 aliphatic heterocycles. The fraction of sp³-hybridized carbons (Fsp3) is 0.667. The highest BCUT2D eigenvalue weighted by Crippen LogP contribution is 2.23. The van der Waals surface area contributed by atoms with Crippen LogP contribution in [0.3, 0.4) is 0 Å². The number of carbonyl (C=O) groups is 1. The molecule has 1 aromatic carbocycles. The molecule has 1 aromatic rings. The van der Waals surface area contributed by atoms with Gasteiger partial charge in [-0.15, -0.1) is 0 Å². The first-order chi connectivity index (χ1) is 13.4. The summed E-state index contributed by atoms with van der Waals surface area (Å²) in [5.41, 5.74) is 1.02. The number of aryl methyl sites for hydroxylation is 1. The van der Waals surface area contributed by atoms with E-state index >= 15 is 0 Å². The molecule has 0 bridgehead atoms. The van der Waals surface area contributed by atoms with E-state index in [1.807, 2.05) is 31.2 Å². The van der Waals surface area contributed by atoms with Crippen LogP contribution in [0, 0.1) is 12.1 Å². The Kier molecular flexibility index (Phi) is 9.18. The third kappa shape index (κ3) is 7.39. The zero-order valence-corrected chi connectivity index (χ0v) is 16.8. The van der Waals surface area contributed by atoms with E-state index in [1.54, 1.807) is 0 Å². The predicted octanol–water partition coefficient (Wildman–Crippen LogP) is 2.79. The third-order valence-corrected chi connectivity index (χ3v) is 5.47. The van der Waals surface area contributed by atoms with Crippen LogP contribution in [0.5, 0.6) is 5.75 Å². The number of hydrogen-bond donors (Lipinski definition) is 3. The van der Waals surface area contributed by atoms with E-state index in [-0.39, 0.29) is 23.7 Å². The van der Waals surface area contributed by atoms with Gasteiger partial charge in [-0.25, -0.2) is 0 Å². The third-order valence-electron chi connectivity index (χ3n) is 5.47. The first-order valence-corrected chi connectivity index (χ1v) is 10.3. The number of ether oxygens (including phenoxy) is 1. The first kappa shape index (κ1) is 22.6. The van der Waals surface area contributed by atoms with Crippen LogP contribution >= 0.6 is 0 Å². The van der Waals surface area contributed by atoms with Gasteiger partial charge < -0.3 is 24.8 Å². The largest absolute Gasteiger partial charge is 0.632 e. The summed E-state index contributed by atoms with van der Waals surface area (Å²) >= 11 is 0. The Morgan fingerprint density at radius 1 is 1.32 bits per heavy atom. The lowest BCUT2D eigenvalue weighted by Gasteiger charge is -2.43. The average Bonchev–Trinajstić information content (AvgIpc) is 3.03. The monoisotopic (exact) mass is 394 g/mol. The zero-order chi connectivity index (χ0) is 20.4. The van der Waals surface area contributed by atoms with Crippen LogP contribution in [-0.2, 0) is 4.79 Å². The highest BCUT2D eigenvalue weighted by atomic mass is 16.6. The van der Waals surface area contributed by atoms with Crippen LogP contribution in [0.1, 0.15) is 50.5 Å². The molecule has 0 aliphatic carbocycles. The molecule has 0 radical (unpaired) electrons. The Bertz CT molecular complexity index is 612. The number of quaternary nitrogens is 1. The summed E-state index contributed by atoms with van der Waals surface area (Å²) in [7, 11) is 0. The number of carboxylic acids is 1. The Labute approximate surface area is 167 Å². The van der Waals surface area contributed by atoms with Crippen molar-refractivity contribution >= 4 is 5.97 Å². The van der Waals surface area contributed by atoms with Gasteiger partial charge in [0.05, 0.1) is 19.2 Å². The highest BCUT2D eigenvalue weighted by molar-refractivity contribution is 5.66. The Balaban J connectivity index is 1.67. The summed E-state index contributed by atoms with van der Waals surface area (Å²) < 4.78 is 5.37. The second kappa shape index (κ2) is 11.4. The van der Waals surface area contributed by atoms with Gasteiger partial charge in [-0.05, 0) is 31.4 Å². The lowest BCUT2D eigenvalue weighted by atomic mass is 10.1. The van der Waals surface area contributed by atoms with Crippen LogP contribution < -0.4 is 10.1 Å². The Morgan fingerprint density at radius 3 is 2.82 bits per heavy atom. The summed E-state index contributed by atoms with van der Waals surface area (Å²) in [5, 5.41) is 35.2. The Morgan fingerprint density at radius 2 is 2.07 bits per heavy atom. The second-order valence-electron chi connectivity index (χ2n) is 7.81. The van der Waals surface area contributed by atoms with E-state index in [9.17, 15) is 15.1 Å². The molecule has 7 heteroatoms. The molecular formula is C21H34N2O5. The van der Waals surface area contributed by atoms with Gasteiger partial charge in [-0.1, -0.05) is 31.0 Å². The number of rotatable bonds is 13. The van der Waals surface area contributed by atoms with Crippen molar-refractivity contribution in [2.45, 2.75) is 64.0 Å². The van der Waals surface area contributed by atoms with Crippen LogP contribution in [0.15, 0.2) is 24.3 Å². The number of nitrogens with one attached hydrogen (secondary N) is 1. The standard InChI is InChI=1S/C21H34N2O5/c1-17-8-6-7-10-20(17)28-15-19(24)12-13-23(27)16-22-14-18(23)9-4-2-3-5-11-21(25)26/h6-8,10,18-19,22,24H,2-5,9,11-16H2,1H3,(H,25,26). The SMILES string of the molecule is Cc1ccccc1OCC(O)CC[N+]1([O-])CNCC1CCCCCCC(=O)O. The minimum absolute atomic E-state index is 0.00367. The van der Waals surface area contributed by atoms with E-state index in [2.05, 4.69) is 5.32 Å². The molecular weight excluding hydrogens is 360 g/mol. The number of aliphatic hydroxyl groups excluding tert-OH is 1. The summed E-state index contributed by atoms with van der Waals surface area (Å²) in [6.45, 7) is 3.60. The average molecular weight is 395 g/mol. The van der Waals surface area contributed by atoms with Crippen LogP contribution in [0.25, 0.3) is 0 Å². The van der Waals surface area contributed by atoms with Gasteiger partial charge in [0.2, 0.25) is 0 Å². The van der Waals surface area contributed by atoms with Crippen molar-refractivity contribution in [1.29, 1.82) is 0 Å². The lowest BCUT2D eigenvalue weighted by molar-refractivity contribution is -0.893. The number of hydrogen-bond acceptors (Lipinski definition) is 5. The molecule has 0 spiro atoms. The van der Waals surface area contributed by atoms with E-state index in [4.69, 9.17) is 9.84 Å². The van der Waals surface area contributed by atoms with E-state index < -0.39 is 12.1 Å². The van der Waals surface area contributed by atoms with Crippen molar-refractivity contribution in [3.05, 3.63) is 35.0 Å². The molecule has 1 aliphatic rings. The van der Waals surface area contributed by atoms with Crippen molar-refractivity contribution in [2.24, 2.45) is 0 Å². The molecule has 28 heavy (non-hydrogen) atoms. The van der Waals surface area contributed by atoms with Gasteiger partial charge in [0.15, 0.2) is 0 Å². The van der Waals surface area contributed by atoms with Crippen LogP contribution in [-0.4, -0.2) is 59.3 Å². The first-order valence-electron chi connectivity index (χ1n) is 10.3. The molecule has 0 amide bonds. The van der Waals surface area contributed by atoms with Crippen molar-refractivity contribution < 1.29 is 24.4 Å². The molecule has 3 unspecified atom stereocenters. The summed E-state index contributed by atoms with van der Waals surface area (Å²) in [6.07, 6.45) is 4.27. The number of benzene rings is 1. The number of para-hydroxylation sites is 1. The topological polar surface area (TPSA) is 102 Å². The Hall–Kier alpha value is -1.67. The van der Waals surface area contributed by atoms with Gasteiger partial charge in [-0.3, -0.25) is 10.1 Å². The molecule has 7 nitrogen and oxygen atoms in total. The smallest absolute Gasteiger partial charge is 0.303 e. The fourth-order valence-corrected chi connectivity index (χ4v) is 3.68. The molecule has 1 saturated heterocycles. The van der Waals surface area contributed by atoms with Crippen molar-refractivity contribution in [3.63, 3.8) is 0 Å². The zero-order valence-electron chi connectivity index (χ0n) is 16.8. The number of unbranched alkanes of at least 4 members (excludes halogenated alkanes) is 3. The van der Waals surface area contributed by atoms with E-state index in [0.29, 0.717) is 32.6 Å². The maximum Gasteiger partial charge on any atom is 0.303 e. The van der Waals surface area contributed by atoms with Crippen molar-refractivity contribution in [3.8, 4) is 5.75 Å². The molecule has 158 valence electrons. The van der Waals surface area contributed by atoms with Gasteiger partial charge >= 0.3 is 5.97 Å². The number of nitrogens with zero attached hydrogens (tertiary/aromatic N) is 1. The number of carboxylic acid groups (broad SMARTS) is 1. The quantitative estimate of drug-likeness (QED) is 0.270. The van der Waals surface area contributed by atoms with Gasteiger partial charge in [0.25, 0.3) is 0 Å². The van der Waals surface area contributed by atoms with E-state index in [0.717, 1.165) is 37.0 Å². The maximum atomic E-state index is 13.1. The summed E-state index contributed by atoms with van der Waals surface area (Å²) in [6, 6.07) is 7.68. The van der Waals surface area contributed by atoms with Crippen molar-refractivity contribution in [2.75, 3.05) is 26.4 Å². The minimum atomic E-state index is -0.750. The van der Waals surface area contributed by atoms with Crippen LogP contribution in [0.2, 0.25) is 0 Å². The molecule has 0 saturated carbocycles. The minimum Gasteiger partial charge on any atom is -0.632 e. The fourth-order valence-electron chi connectivity index (χ4n) is 3.68. The second-order valence-corrected chi connectivity index (χ2v) is 7.81. The van der Waals surface area contributed by atoms with E-state index in [1.165, 1.54) is 0 Å².